The maximum Gasteiger partial charge on any atom is 0.210 e. The molecule has 0 N–H and O–H groups in total. The smallest absolute Gasteiger partial charge is 0.210 e. The molecule has 3 rings (SSSR count). The number of epoxide rings is 1. The summed E-state index contributed by atoms with van der Waals surface area (Å²) in [6.45, 7) is 0. The minimum Gasteiger partial charge on any atom is -0.360 e. The minimum absolute atomic E-state index is 0.345. The molecule has 1 fully saturated rings. The first kappa shape index (κ1) is 6.38. The molecule has 0 radical (unpaired) electrons. The van der Waals surface area contributed by atoms with Crippen molar-refractivity contribution in [1.29, 1.82) is 0 Å². The fourth-order valence-electron chi connectivity index (χ4n) is 1.81. The van der Waals surface area contributed by atoms with Gasteiger partial charge < -0.3 is 4.74 Å². The highest BCUT2D eigenvalue weighted by Crippen LogP contribution is 2.43. The topological polar surface area (TPSA) is 16.4 Å². The third-order valence-corrected chi connectivity index (χ3v) is 2.54. The van der Waals surface area contributed by atoms with Gasteiger partial charge in [-0.25, -0.2) is 4.57 Å². The van der Waals surface area contributed by atoms with E-state index >= 15 is 0 Å². The Morgan fingerprint density at radius 3 is 3.33 bits per heavy atom. The molecule has 1 aromatic rings. The fourth-order valence-corrected chi connectivity index (χ4v) is 1.81. The van der Waals surface area contributed by atoms with Crippen LogP contribution in [0, 0.1) is 0 Å². The van der Waals surface area contributed by atoms with Gasteiger partial charge in [0, 0.05) is 12.1 Å². The molecule has 0 unspecified atom stereocenters. The van der Waals surface area contributed by atoms with Crippen molar-refractivity contribution in [3.63, 3.8) is 0 Å². The van der Waals surface area contributed by atoms with E-state index in [1.807, 2.05) is 0 Å². The summed E-state index contributed by atoms with van der Waals surface area (Å²) in [5.74, 6) is 0. The van der Waals surface area contributed by atoms with Crippen LogP contribution in [-0.4, -0.2) is 6.10 Å². The molecular formula is C10H10NO+. The quantitative estimate of drug-likeness (QED) is 0.408. The Morgan fingerprint density at radius 2 is 2.42 bits per heavy atom. The van der Waals surface area contributed by atoms with Crippen LogP contribution in [0.25, 0.3) is 6.08 Å². The highest BCUT2D eigenvalue weighted by molar-refractivity contribution is 5.54. The second kappa shape index (κ2) is 1.96. The molecule has 0 aromatic carbocycles. The lowest BCUT2D eigenvalue weighted by Gasteiger charge is -2.02. The lowest BCUT2D eigenvalue weighted by atomic mass is 10.0. The first-order valence-electron chi connectivity index (χ1n) is 4.18. The normalized spacial score (nSPS) is 29.4. The number of aromatic nitrogens is 1. The van der Waals surface area contributed by atoms with Crippen LogP contribution in [0.1, 0.15) is 17.4 Å². The monoisotopic (exact) mass is 160 g/mol. The molecule has 2 atom stereocenters. The van der Waals surface area contributed by atoms with E-state index in [1.165, 1.54) is 11.3 Å². The van der Waals surface area contributed by atoms with E-state index < -0.39 is 0 Å². The summed E-state index contributed by atoms with van der Waals surface area (Å²) in [7, 11) is 2.06. The summed E-state index contributed by atoms with van der Waals surface area (Å²) < 4.78 is 7.59. The molecule has 0 spiro atoms. The van der Waals surface area contributed by atoms with Crippen molar-refractivity contribution in [2.75, 3.05) is 0 Å². The van der Waals surface area contributed by atoms with E-state index in [-0.39, 0.29) is 0 Å². The van der Waals surface area contributed by atoms with E-state index in [0.29, 0.717) is 12.2 Å². The van der Waals surface area contributed by atoms with E-state index in [1.54, 1.807) is 0 Å². The third kappa shape index (κ3) is 0.703. The number of hydrogen-bond donors (Lipinski definition) is 0. The van der Waals surface area contributed by atoms with Crippen molar-refractivity contribution in [2.45, 2.75) is 12.2 Å². The summed E-state index contributed by atoms with van der Waals surface area (Å²) in [5, 5.41) is 0. The maximum absolute atomic E-state index is 5.46. The molecular weight excluding hydrogens is 150 g/mol. The predicted octanol–water partition coefficient (Wildman–Crippen LogP) is 0.978. The van der Waals surface area contributed by atoms with Crippen molar-refractivity contribution in [3.8, 4) is 0 Å². The van der Waals surface area contributed by atoms with Gasteiger partial charge in [0.1, 0.15) is 19.3 Å². The van der Waals surface area contributed by atoms with Gasteiger partial charge in [0.25, 0.3) is 0 Å². The van der Waals surface area contributed by atoms with E-state index in [0.717, 1.165) is 0 Å². The molecule has 1 saturated heterocycles. The zero-order valence-corrected chi connectivity index (χ0v) is 6.90. The van der Waals surface area contributed by atoms with Crippen LogP contribution in [0.3, 0.4) is 0 Å². The van der Waals surface area contributed by atoms with Crippen molar-refractivity contribution >= 4 is 6.08 Å². The average Bonchev–Trinajstić information content (AvgIpc) is 2.83. The number of pyridine rings is 1. The molecule has 0 bridgehead atoms. The van der Waals surface area contributed by atoms with Crippen molar-refractivity contribution in [2.24, 2.45) is 7.05 Å². The highest BCUT2D eigenvalue weighted by atomic mass is 16.6. The maximum atomic E-state index is 5.46. The number of nitrogens with zero attached hydrogens (tertiary/aromatic N) is 1. The Labute approximate surface area is 71.1 Å². The van der Waals surface area contributed by atoms with Crippen molar-refractivity contribution in [3.05, 3.63) is 35.7 Å². The summed E-state index contributed by atoms with van der Waals surface area (Å²) >= 11 is 0. The van der Waals surface area contributed by atoms with Crippen molar-refractivity contribution in [1.82, 2.24) is 0 Å². The largest absolute Gasteiger partial charge is 0.360 e. The summed E-state index contributed by atoms with van der Waals surface area (Å²) in [5.41, 5.74) is 2.60. The molecule has 1 aliphatic heterocycles. The Bertz CT molecular complexity index is 370. The van der Waals surface area contributed by atoms with E-state index in [9.17, 15) is 0 Å². The zero-order chi connectivity index (χ0) is 8.13. The summed E-state index contributed by atoms with van der Waals surface area (Å²) in [6.07, 6.45) is 7.04. The highest BCUT2D eigenvalue weighted by Gasteiger charge is 2.43. The molecule has 60 valence electrons. The van der Waals surface area contributed by atoms with Gasteiger partial charge in [-0.15, -0.1) is 0 Å². The van der Waals surface area contributed by atoms with Gasteiger partial charge in [-0.2, -0.15) is 0 Å². The summed E-state index contributed by atoms with van der Waals surface area (Å²) in [6, 6.07) is 4.21. The second-order valence-electron chi connectivity index (χ2n) is 3.34. The van der Waals surface area contributed by atoms with Gasteiger partial charge in [-0.1, -0.05) is 0 Å². The SMILES string of the molecule is C[n+]1cccc2c1C=C[C@H]1O[C@@H]21. The second-order valence-corrected chi connectivity index (χ2v) is 3.34. The van der Waals surface area contributed by atoms with E-state index in [4.69, 9.17) is 4.74 Å². The lowest BCUT2D eigenvalue weighted by molar-refractivity contribution is -0.673. The molecule has 2 heterocycles. The van der Waals surface area contributed by atoms with Crippen LogP contribution >= 0.6 is 0 Å². The van der Waals surface area contributed by atoms with Gasteiger partial charge in [0.05, 0.1) is 5.56 Å². The summed E-state index contributed by atoms with van der Waals surface area (Å²) in [4.78, 5) is 0. The zero-order valence-electron chi connectivity index (χ0n) is 6.90. The molecule has 0 amide bonds. The van der Waals surface area contributed by atoms with Crippen LogP contribution in [-0.2, 0) is 11.8 Å². The number of fused-ring (bicyclic) bond motifs is 3. The first-order valence-corrected chi connectivity index (χ1v) is 4.18. The van der Waals surface area contributed by atoms with Crippen LogP contribution in [0.2, 0.25) is 0 Å². The standard InChI is InChI=1S/C10H10NO/c1-11-6-2-3-7-8(11)4-5-9-10(7)12-9/h2-6,9-10H,1H3/q+1/t9-,10+/m1/s1. The fraction of sp³-hybridized carbons (Fsp3) is 0.300. The van der Waals surface area contributed by atoms with Gasteiger partial charge >= 0.3 is 0 Å². The molecule has 2 heteroatoms. The Hall–Kier alpha value is -1.15. The number of ether oxygens (including phenoxy) is 1. The van der Waals surface area contributed by atoms with Crippen LogP contribution in [0.15, 0.2) is 24.4 Å². The van der Waals surface area contributed by atoms with Gasteiger partial charge in [0.15, 0.2) is 6.20 Å². The number of aryl methyl sites for hydroxylation is 1. The van der Waals surface area contributed by atoms with Crippen LogP contribution in [0.5, 0.6) is 0 Å². The van der Waals surface area contributed by atoms with Gasteiger partial charge in [-0.05, 0) is 12.1 Å². The van der Waals surface area contributed by atoms with Crippen LogP contribution in [0.4, 0.5) is 0 Å². The molecule has 1 aliphatic carbocycles. The Morgan fingerprint density at radius 1 is 1.50 bits per heavy atom. The molecule has 2 nitrogen and oxygen atoms in total. The molecule has 12 heavy (non-hydrogen) atoms. The van der Waals surface area contributed by atoms with Gasteiger partial charge in [0.2, 0.25) is 5.69 Å². The van der Waals surface area contributed by atoms with E-state index in [2.05, 4.69) is 42.1 Å². The first-order chi connectivity index (χ1) is 5.86. The lowest BCUT2D eigenvalue weighted by Crippen LogP contribution is -2.33. The Kier molecular flexibility index (Phi) is 1.04. The minimum atomic E-state index is 0.345. The van der Waals surface area contributed by atoms with Crippen LogP contribution < -0.4 is 4.57 Å². The third-order valence-electron chi connectivity index (χ3n) is 2.54. The number of hydrogen-bond acceptors (Lipinski definition) is 1. The predicted molar refractivity (Wildman–Crippen MR) is 44.3 cm³/mol. The molecule has 2 aliphatic rings. The Balaban J connectivity index is 2.26. The molecule has 1 aromatic heterocycles. The average molecular weight is 160 g/mol. The van der Waals surface area contributed by atoms with Crippen molar-refractivity contribution < 1.29 is 9.30 Å². The van der Waals surface area contributed by atoms with Gasteiger partial charge in [-0.3, -0.25) is 0 Å². The number of rotatable bonds is 0. The molecule has 0 saturated carbocycles.